The Labute approximate surface area is 112 Å². The summed E-state index contributed by atoms with van der Waals surface area (Å²) in [6, 6.07) is -1.22. The Hall–Kier alpha value is -1.17. The van der Waals surface area contributed by atoms with E-state index in [1.807, 2.05) is 6.92 Å². The highest BCUT2D eigenvalue weighted by molar-refractivity contribution is 8.00. The third-order valence-electron chi connectivity index (χ3n) is 2.85. The van der Waals surface area contributed by atoms with Crippen LogP contribution >= 0.6 is 11.8 Å². The summed E-state index contributed by atoms with van der Waals surface area (Å²) in [6.07, 6.45) is 3.35. The van der Waals surface area contributed by atoms with E-state index in [0.29, 0.717) is 5.75 Å². The minimum absolute atomic E-state index is 0.0480. The van der Waals surface area contributed by atoms with E-state index < -0.39 is 12.0 Å². The van der Waals surface area contributed by atoms with Crippen LogP contribution in [0.25, 0.3) is 0 Å². The van der Waals surface area contributed by atoms with Gasteiger partial charge in [-0.05, 0) is 13.3 Å². The van der Waals surface area contributed by atoms with Crippen LogP contribution in [0.4, 0.5) is 4.79 Å². The predicted molar refractivity (Wildman–Crippen MR) is 72.6 cm³/mol. The van der Waals surface area contributed by atoms with Gasteiger partial charge in [-0.3, -0.25) is 4.90 Å². The molecule has 18 heavy (non-hydrogen) atoms. The quantitative estimate of drug-likeness (QED) is 0.750. The lowest BCUT2D eigenvalue weighted by molar-refractivity contribution is -0.141. The van der Waals surface area contributed by atoms with Crippen molar-refractivity contribution in [3.05, 3.63) is 12.7 Å². The number of nitrogens with zero attached hydrogens (tertiary/aromatic N) is 1. The molecule has 0 radical (unpaired) electrons. The molecule has 0 aromatic rings. The van der Waals surface area contributed by atoms with E-state index in [9.17, 15) is 9.59 Å². The number of rotatable bonds is 5. The zero-order chi connectivity index (χ0) is 13.7. The number of carboxylic acid groups (broad SMARTS) is 1. The fourth-order valence-corrected chi connectivity index (χ4v) is 3.34. The summed E-state index contributed by atoms with van der Waals surface area (Å²) in [7, 11) is 0. The minimum atomic E-state index is -0.942. The molecular weight excluding hydrogens is 252 g/mol. The molecule has 3 unspecified atom stereocenters. The number of nitrogens with one attached hydrogen (secondary N) is 1. The second-order valence-electron chi connectivity index (χ2n) is 4.31. The van der Waals surface area contributed by atoms with E-state index in [4.69, 9.17) is 5.11 Å². The van der Waals surface area contributed by atoms with E-state index in [1.165, 1.54) is 16.7 Å². The normalized spacial score (nSPS) is 24.7. The van der Waals surface area contributed by atoms with Crippen molar-refractivity contribution in [3.8, 4) is 0 Å². The van der Waals surface area contributed by atoms with E-state index in [0.717, 1.165) is 12.8 Å². The Balaban J connectivity index is 2.78. The number of amides is 2. The number of carbonyl (C=O) groups is 2. The zero-order valence-corrected chi connectivity index (χ0v) is 11.6. The molecule has 6 heteroatoms. The van der Waals surface area contributed by atoms with Gasteiger partial charge in [-0.1, -0.05) is 19.4 Å². The summed E-state index contributed by atoms with van der Waals surface area (Å²) in [6.45, 7) is 7.42. The van der Waals surface area contributed by atoms with Gasteiger partial charge in [0.2, 0.25) is 0 Å². The highest BCUT2D eigenvalue weighted by Gasteiger charge is 2.41. The molecule has 1 fully saturated rings. The molecule has 0 aromatic heterocycles. The lowest BCUT2D eigenvalue weighted by Gasteiger charge is -2.28. The Morgan fingerprint density at radius 2 is 2.33 bits per heavy atom. The third kappa shape index (κ3) is 3.41. The molecule has 3 atom stereocenters. The van der Waals surface area contributed by atoms with Crippen molar-refractivity contribution in [3.63, 3.8) is 0 Å². The maximum Gasteiger partial charge on any atom is 0.327 e. The Morgan fingerprint density at radius 3 is 2.83 bits per heavy atom. The summed E-state index contributed by atoms with van der Waals surface area (Å²) >= 11 is 1.53. The third-order valence-corrected chi connectivity index (χ3v) is 4.21. The number of urea groups is 1. The first-order valence-electron chi connectivity index (χ1n) is 6.07. The van der Waals surface area contributed by atoms with Crippen LogP contribution in [0.3, 0.4) is 0 Å². The average molecular weight is 272 g/mol. The predicted octanol–water partition coefficient (Wildman–Crippen LogP) is 1.90. The number of carboxylic acids is 1. The number of thioether (sulfide) groups is 1. The summed E-state index contributed by atoms with van der Waals surface area (Å²) in [5.41, 5.74) is 0. The second kappa shape index (κ2) is 6.68. The SMILES string of the molecule is C=CC(C)NC(=O)N1C(CCC)SCC1C(=O)O. The Bertz CT molecular complexity index is 335. The standard InChI is InChI=1S/C12H20N2O3S/c1-4-6-10-14(9(7-18-10)11(15)16)12(17)13-8(3)5-2/h5,8-10H,2,4,6-7H2,1,3H3,(H,13,17)(H,15,16). The molecule has 1 aliphatic heterocycles. The van der Waals surface area contributed by atoms with Gasteiger partial charge in [0.15, 0.2) is 0 Å². The average Bonchev–Trinajstić information content (AvgIpc) is 2.73. The fraction of sp³-hybridized carbons (Fsp3) is 0.667. The summed E-state index contributed by atoms with van der Waals surface area (Å²) in [5.74, 6) is -0.488. The maximum absolute atomic E-state index is 12.1. The van der Waals surface area contributed by atoms with Gasteiger partial charge in [0.1, 0.15) is 6.04 Å². The van der Waals surface area contributed by atoms with Crippen molar-refractivity contribution in [2.24, 2.45) is 0 Å². The Morgan fingerprint density at radius 1 is 1.67 bits per heavy atom. The number of hydrogen-bond acceptors (Lipinski definition) is 3. The monoisotopic (exact) mass is 272 g/mol. The molecule has 0 saturated carbocycles. The Kier molecular flexibility index (Phi) is 5.53. The first-order valence-corrected chi connectivity index (χ1v) is 7.11. The molecule has 0 aliphatic carbocycles. The van der Waals surface area contributed by atoms with Crippen LogP contribution in [0.1, 0.15) is 26.7 Å². The lowest BCUT2D eigenvalue weighted by atomic mass is 10.2. The van der Waals surface area contributed by atoms with Crippen molar-refractivity contribution in [1.82, 2.24) is 10.2 Å². The molecule has 0 bridgehead atoms. The number of carbonyl (C=O) groups excluding carboxylic acids is 1. The van der Waals surface area contributed by atoms with Crippen LogP contribution in [0.5, 0.6) is 0 Å². The van der Waals surface area contributed by atoms with Crippen LogP contribution in [-0.2, 0) is 4.79 Å². The van der Waals surface area contributed by atoms with Crippen LogP contribution < -0.4 is 5.32 Å². The largest absolute Gasteiger partial charge is 0.480 e. The molecule has 1 aliphatic rings. The summed E-state index contributed by atoms with van der Waals surface area (Å²) in [5, 5.41) is 11.8. The zero-order valence-electron chi connectivity index (χ0n) is 10.8. The van der Waals surface area contributed by atoms with Crippen molar-refractivity contribution in [2.75, 3.05) is 5.75 Å². The van der Waals surface area contributed by atoms with Gasteiger partial charge >= 0.3 is 12.0 Å². The van der Waals surface area contributed by atoms with Gasteiger partial charge in [0.25, 0.3) is 0 Å². The van der Waals surface area contributed by atoms with Crippen LogP contribution in [0.15, 0.2) is 12.7 Å². The van der Waals surface area contributed by atoms with E-state index in [1.54, 1.807) is 13.0 Å². The molecule has 5 nitrogen and oxygen atoms in total. The molecule has 102 valence electrons. The van der Waals surface area contributed by atoms with Crippen LogP contribution in [0, 0.1) is 0 Å². The number of hydrogen-bond donors (Lipinski definition) is 2. The topological polar surface area (TPSA) is 69.6 Å². The van der Waals surface area contributed by atoms with E-state index in [-0.39, 0.29) is 17.4 Å². The van der Waals surface area contributed by atoms with Crippen molar-refractivity contribution >= 4 is 23.8 Å². The van der Waals surface area contributed by atoms with Crippen molar-refractivity contribution in [2.45, 2.75) is 44.1 Å². The highest BCUT2D eigenvalue weighted by Crippen LogP contribution is 2.32. The lowest BCUT2D eigenvalue weighted by Crippen LogP contribution is -2.51. The van der Waals surface area contributed by atoms with Crippen molar-refractivity contribution < 1.29 is 14.7 Å². The number of aliphatic carboxylic acids is 1. The molecule has 1 heterocycles. The van der Waals surface area contributed by atoms with Gasteiger partial charge in [-0.25, -0.2) is 9.59 Å². The van der Waals surface area contributed by atoms with Crippen LogP contribution in [-0.4, -0.2) is 45.2 Å². The second-order valence-corrected chi connectivity index (χ2v) is 5.52. The molecule has 2 amide bonds. The first-order chi connectivity index (χ1) is 8.51. The first kappa shape index (κ1) is 14.9. The fourth-order valence-electron chi connectivity index (χ4n) is 1.82. The van der Waals surface area contributed by atoms with E-state index in [2.05, 4.69) is 11.9 Å². The summed E-state index contributed by atoms with van der Waals surface area (Å²) in [4.78, 5) is 24.7. The summed E-state index contributed by atoms with van der Waals surface area (Å²) < 4.78 is 0. The molecule has 1 saturated heterocycles. The molecule has 0 aromatic carbocycles. The smallest absolute Gasteiger partial charge is 0.327 e. The van der Waals surface area contributed by atoms with Gasteiger partial charge < -0.3 is 10.4 Å². The van der Waals surface area contributed by atoms with Crippen LogP contribution in [0.2, 0.25) is 0 Å². The highest BCUT2D eigenvalue weighted by atomic mass is 32.2. The molecule has 0 spiro atoms. The van der Waals surface area contributed by atoms with Gasteiger partial charge in [-0.2, -0.15) is 0 Å². The minimum Gasteiger partial charge on any atom is -0.480 e. The maximum atomic E-state index is 12.1. The van der Waals surface area contributed by atoms with E-state index >= 15 is 0 Å². The molecular formula is C12H20N2O3S. The van der Waals surface area contributed by atoms with Gasteiger partial charge in [0.05, 0.1) is 5.37 Å². The molecule has 1 rings (SSSR count). The van der Waals surface area contributed by atoms with Gasteiger partial charge in [0, 0.05) is 11.8 Å². The van der Waals surface area contributed by atoms with Crippen molar-refractivity contribution in [1.29, 1.82) is 0 Å². The molecule has 2 N–H and O–H groups in total. The van der Waals surface area contributed by atoms with Gasteiger partial charge in [-0.15, -0.1) is 18.3 Å².